The van der Waals surface area contributed by atoms with Crippen molar-refractivity contribution in [2.45, 2.75) is 404 Å². The van der Waals surface area contributed by atoms with Crippen LogP contribution in [0.1, 0.15) is 369 Å². The zero-order valence-electron chi connectivity index (χ0n) is 61.6. The second-order valence-corrected chi connectivity index (χ2v) is 38.6. The summed E-state index contributed by atoms with van der Waals surface area (Å²) in [5.74, 6) is 16.9. The summed E-state index contributed by atoms with van der Waals surface area (Å²) in [5, 5.41) is 9.61. The molecule has 12 atom stereocenters. The van der Waals surface area contributed by atoms with E-state index in [1.807, 2.05) is 6.08 Å². The fourth-order valence-electron chi connectivity index (χ4n) is 23.0. The first kappa shape index (κ1) is 77.1. The number of aliphatic hydroxyl groups is 1. The third-order valence-electron chi connectivity index (χ3n) is 30.3. The van der Waals surface area contributed by atoms with E-state index in [2.05, 4.69) is 57.1 Å². The number of hydrogen-bond donors (Lipinski definition) is 1. The van der Waals surface area contributed by atoms with E-state index in [0.717, 1.165) is 122 Å². The maximum atomic E-state index is 14.5. The molecule has 0 aromatic carbocycles. The Bertz CT molecular complexity index is 1790. The van der Waals surface area contributed by atoms with Crippen molar-refractivity contribution in [2.75, 3.05) is 0 Å². The van der Waals surface area contributed by atoms with Crippen molar-refractivity contribution in [3.63, 3.8) is 0 Å². The van der Waals surface area contributed by atoms with Gasteiger partial charge in [-0.25, -0.2) is 17.6 Å². The van der Waals surface area contributed by atoms with Crippen molar-refractivity contribution in [1.29, 1.82) is 0 Å². The third-order valence-corrected chi connectivity index (χ3v) is 31.1. The quantitative estimate of drug-likeness (QED) is 0.0874. The Balaban J connectivity index is 0.000000146. The molecular weight excluding hydrogens is 1220 g/mol. The number of hydrogen-bond acceptors (Lipinski definition) is 1. The summed E-state index contributed by atoms with van der Waals surface area (Å²) in [6.45, 7) is 15.7. The average molecular weight is 1370 g/mol. The monoisotopic (exact) mass is 1370 g/mol. The molecule has 0 heterocycles. The Morgan fingerprint density at radius 3 is 0.785 bits per heavy atom. The molecule has 0 aromatic rings. The fourth-order valence-corrected chi connectivity index (χ4v) is 23.7. The van der Waals surface area contributed by atoms with Gasteiger partial charge in [0.05, 0.1) is 6.10 Å². The Hall–Kier alpha value is -0.100. The summed E-state index contributed by atoms with van der Waals surface area (Å²) in [7, 11) is 0. The molecule has 0 aromatic heterocycles. The molecule has 540 valence electrons. The first-order chi connectivity index (χ1) is 45.0. The molecule has 6 heteroatoms. The van der Waals surface area contributed by atoms with E-state index in [0.29, 0.717) is 64.5 Å². The van der Waals surface area contributed by atoms with Crippen LogP contribution in [-0.2, 0) is 0 Å². The van der Waals surface area contributed by atoms with Gasteiger partial charge in [-0.05, 0) is 246 Å². The lowest BCUT2D eigenvalue weighted by molar-refractivity contribution is 0.0137. The van der Waals surface area contributed by atoms with E-state index in [4.69, 9.17) is 0 Å². The van der Waals surface area contributed by atoms with E-state index >= 15 is 0 Å². The highest BCUT2D eigenvalue weighted by molar-refractivity contribution is 9.09. The van der Waals surface area contributed by atoms with Gasteiger partial charge in [-0.1, -0.05) is 269 Å². The molecule has 0 radical (unpaired) electrons. The van der Waals surface area contributed by atoms with Gasteiger partial charge >= 0.3 is 0 Å². The van der Waals surface area contributed by atoms with Crippen LogP contribution in [0.5, 0.6) is 0 Å². The molecular formula is C87H151BrF4O. The molecule has 0 bridgehead atoms. The predicted molar refractivity (Wildman–Crippen MR) is 394 cm³/mol. The van der Waals surface area contributed by atoms with Gasteiger partial charge in [-0.3, -0.25) is 0 Å². The number of aliphatic hydroxyl groups excluding tert-OH is 1. The van der Waals surface area contributed by atoms with Gasteiger partial charge in [-0.2, -0.15) is 0 Å². The summed E-state index contributed by atoms with van der Waals surface area (Å²) in [6, 6.07) is 0. The number of rotatable bonds is 17. The van der Waals surface area contributed by atoms with Gasteiger partial charge in [-0.15, -0.1) is 6.58 Å². The van der Waals surface area contributed by atoms with Crippen LogP contribution < -0.4 is 0 Å². The Kier molecular flexibility index (Phi) is 33.6. The highest BCUT2D eigenvalue weighted by Gasteiger charge is 2.41. The summed E-state index contributed by atoms with van der Waals surface area (Å²) in [5.41, 5.74) is 0. The van der Waals surface area contributed by atoms with Crippen LogP contribution >= 0.6 is 15.9 Å². The summed E-state index contributed by atoms with van der Waals surface area (Å²) in [4.78, 5) is 0.434. The van der Waals surface area contributed by atoms with Gasteiger partial charge in [0.2, 0.25) is 0 Å². The molecule has 93 heavy (non-hydrogen) atoms. The van der Waals surface area contributed by atoms with Crippen molar-refractivity contribution in [3.05, 3.63) is 12.7 Å². The van der Waals surface area contributed by atoms with Crippen LogP contribution in [0.3, 0.4) is 0 Å². The van der Waals surface area contributed by atoms with Crippen LogP contribution in [-0.4, -0.2) is 40.7 Å². The number of alkyl halides is 5. The van der Waals surface area contributed by atoms with Crippen molar-refractivity contribution >= 4 is 15.9 Å². The summed E-state index contributed by atoms with van der Waals surface area (Å²) in [6.07, 6.45) is 67.2. The second kappa shape index (κ2) is 40.5. The van der Waals surface area contributed by atoms with Gasteiger partial charge in [0, 0.05) is 11.2 Å². The largest absolute Gasteiger partial charge is 0.393 e. The molecule has 0 amide bonds. The van der Waals surface area contributed by atoms with Gasteiger partial charge in [0.15, 0.2) is 0 Å². The van der Waals surface area contributed by atoms with Gasteiger partial charge in [0.1, 0.15) is 24.7 Å². The smallest absolute Gasteiger partial charge is 0.106 e. The molecule has 1 nitrogen and oxygen atoms in total. The average Bonchev–Trinajstić information content (AvgIpc) is 1.36. The van der Waals surface area contributed by atoms with E-state index in [-0.39, 0.29) is 12.0 Å². The zero-order chi connectivity index (χ0) is 65.6. The van der Waals surface area contributed by atoms with Crippen molar-refractivity contribution < 1.29 is 22.7 Å². The highest BCUT2D eigenvalue weighted by atomic mass is 79.9. The Morgan fingerprint density at radius 1 is 0.280 bits per heavy atom. The molecule has 12 unspecified atom stereocenters. The molecule has 12 aliphatic rings. The molecule has 12 rings (SSSR count). The van der Waals surface area contributed by atoms with Crippen molar-refractivity contribution in [3.8, 4) is 0 Å². The standard InChI is InChI=1S/C23H39F.C22H39F.C21H36BrF.C21H37FO/c1-3-18-12-15-22(23(24)16-18)21-13-10-20(11-14-21)9-8-19-6-4-17(2)5-7-19;1-16-3-6-18(7-4-16)8-9-19-10-12-20(13-11-19)21-14-5-17(2)15-22(21)23;1-15-2-4-16(5-3-15)6-7-17-8-10-18(11-9-17)20-13-12-19(22)14-21(20)23;1-15-2-4-16(5-3-15)6-7-17-8-10-18(11-9-17)20-13-12-19(23)14-21(20)22/h3,17-23H,1,4-16H2,2H3;16-22H,3-15H2,1-2H3;15-21H,2-14H2,1H3;15-21,23H,2-14H2,1H3. The van der Waals surface area contributed by atoms with Crippen molar-refractivity contribution in [2.24, 2.45) is 130 Å². The lowest BCUT2D eigenvalue weighted by atomic mass is 9.67. The van der Waals surface area contributed by atoms with Crippen LogP contribution in [0.2, 0.25) is 0 Å². The van der Waals surface area contributed by atoms with Crippen LogP contribution in [0.4, 0.5) is 17.6 Å². The normalized spacial score (nSPS) is 45.4. The number of halogens is 5. The molecule has 0 saturated heterocycles. The predicted octanol–water partition coefficient (Wildman–Crippen LogP) is 27.7. The summed E-state index contributed by atoms with van der Waals surface area (Å²) >= 11 is 3.61. The van der Waals surface area contributed by atoms with Gasteiger partial charge in [0.25, 0.3) is 0 Å². The number of allylic oxidation sites excluding steroid dienone is 1. The zero-order valence-corrected chi connectivity index (χ0v) is 63.1. The molecule has 12 saturated carbocycles. The first-order valence-electron chi connectivity index (χ1n) is 42.5. The molecule has 0 aliphatic heterocycles. The maximum absolute atomic E-state index is 14.5. The van der Waals surface area contributed by atoms with Crippen LogP contribution in [0, 0.1) is 130 Å². The fraction of sp³-hybridized carbons (Fsp3) is 0.977. The maximum Gasteiger partial charge on any atom is 0.106 e. The highest BCUT2D eigenvalue weighted by Crippen LogP contribution is 2.49. The van der Waals surface area contributed by atoms with E-state index in [9.17, 15) is 22.7 Å². The minimum absolute atomic E-state index is 0.249. The van der Waals surface area contributed by atoms with Crippen LogP contribution in [0.25, 0.3) is 0 Å². The Morgan fingerprint density at radius 2 is 0.516 bits per heavy atom. The molecule has 1 N–H and O–H groups in total. The first-order valence-corrected chi connectivity index (χ1v) is 43.4. The van der Waals surface area contributed by atoms with Crippen molar-refractivity contribution in [1.82, 2.24) is 0 Å². The summed E-state index contributed by atoms with van der Waals surface area (Å²) < 4.78 is 57.6. The minimum Gasteiger partial charge on any atom is -0.393 e. The topological polar surface area (TPSA) is 20.2 Å². The SMILES string of the molecule is C=CC1CCC(C2CCC(CCC3CCC(C)CC3)CC2)C(F)C1.CC1CCC(CCC2CCC(C3CCC(Br)CC3F)CC2)CC1.CC1CCC(CCC2CCC(C3CCC(C)CC3F)CC2)CC1.CC1CCC(CCC2CCC(C3CCC(O)CC3F)CC2)CC1. The molecule has 12 aliphatic carbocycles. The minimum atomic E-state index is -0.746. The second-order valence-electron chi connectivity index (χ2n) is 37.3. The lowest BCUT2D eigenvalue weighted by Crippen LogP contribution is -2.35. The van der Waals surface area contributed by atoms with E-state index < -0.39 is 24.7 Å². The Labute approximate surface area is 582 Å². The third kappa shape index (κ3) is 25.7. The molecule has 0 spiro atoms. The van der Waals surface area contributed by atoms with Gasteiger partial charge < -0.3 is 5.11 Å². The van der Waals surface area contributed by atoms with E-state index in [1.54, 1.807) is 0 Å². The van der Waals surface area contributed by atoms with E-state index in [1.165, 1.54) is 276 Å². The lowest BCUT2D eigenvalue weighted by Gasteiger charge is -2.39. The molecule has 12 fully saturated rings. The van der Waals surface area contributed by atoms with Crippen LogP contribution in [0.15, 0.2) is 12.7 Å².